The molecule has 1 aromatic heterocycles. The van der Waals surface area contributed by atoms with E-state index in [0.717, 1.165) is 0 Å². The first-order valence-corrected chi connectivity index (χ1v) is 4.86. The Hall–Kier alpha value is -2.50. The van der Waals surface area contributed by atoms with E-state index in [1.54, 1.807) is 6.07 Å². The van der Waals surface area contributed by atoms with Crippen LogP contribution in [0.5, 0.6) is 11.5 Å². The van der Waals surface area contributed by atoms with Crippen LogP contribution in [0.2, 0.25) is 0 Å². The topological polar surface area (TPSA) is 95.6 Å². The van der Waals surface area contributed by atoms with Gasteiger partial charge in [-0.3, -0.25) is 4.79 Å². The van der Waals surface area contributed by atoms with Crippen molar-refractivity contribution in [2.24, 2.45) is 0 Å². The molecule has 0 unspecified atom stereocenters. The van der Waals surface area contributed by atoms with E-state index < -0.39 is 5.91 Å². The Bertz CT molecular complexity index is 522. The molecule has 0 spiro atoms. The van der Waals surface area contributed by atoms with Crippen LogP contribution in [0, 0.1) is 0 Å². The van der Waals surface area contributed by atoms with Crippen molar-refractivity contribution in [3.05, 3.63) is 41.8 Å². The number of phenolic OH excluding ortho intramolecular Hbond substituents is 2. The zero-order valence-electron chi connectivity index (χ0n) is 8.75. The molecular formula is C11H10N2O4. The van der Waals surface area contributed by atoms with E-state index in [4.69, 9.17) is 4.52 Å². The zero-order valence-corrected chi connectivity index (χ0v) is 8.75. The van der Waals surface area contributed by atoms with Crippen LogP contribution < -0.4 is 5.32 Å². The number of hydrogen-bond donors (Lipinski definition) is 3. The summed E-state index contributed by atoms with van der Waals surface area (Å²) < 4.78 is 4.80. The lowest BCUT2D eigenvalue weighted by atomic mass is 10.2. The second kappa shape index (κ2) is 4.56. The number of aromatic hydroxyl groups is 2. The molecule has 3 N–H and O–H groups in total. The third kappa shape index (κ3) is 2.54. The number of nitrogens with zero attached hydrogens (tertiary/aromatic N) is 1. The van der Waals surface area contributed by atoms with Gasteiger partial charge in [-0.15, -0.1) is 0 Å². The van der Waals surface area contributed by atoms with Crippen LogP contribution in [0.25, 0.3) is 0 Å². The molecule has 0 aliphatic carbocycles. The molecule has 6 heteroatoms. The minimum absolute atomic E-state index is 0.00418. The number of carbonyl (C=O) groups excluding carboxylic acids is 1. The number of rotatable bonds is 3. The van der Waals surface area contributed by atoms with Gasteiger partial charge >= 0.3 is 0 Å². The van der Waals surface area contributed by atoms with Crippen molar-refractivity contribution >= 4 is 5.91 Å². The summed E-state index contributed by atoms with van der Waals surface area (Å²) in [4.78, 5) is 11.7. The van der Waals surface area contributed by atoms with Gasteiger partial charge in [0.05, 0.1) is 18.3 Å². The molecule has 0 aliphatic heterocycles. The minimum atomic E-state index is -0.505. The predicted molar refractivity (Wildman–Crippen MR) is 57.4 cm³/mol. The number of carbonyl (C=O) groups is 1. The van der Waals surface area contributed by atoms with Gasteiger partial charge in [0, 0.05) is 6.07 Å². The molecule has 0 radical (unpaired) electrons. The van der Waals surface area contributed by atoms with E-state index in [1.807, 2.05) is 0 Å². The largest absolute Gasteiger partial charge is 0.508 e. The fourth-order valence-electron chi connectivity index (χ4n) is 1.30. The lowest BCUT2D eigenvalue weighted by molar-refractivity contribution is 0.0944. The highest BCUT2D eigenvalue weighted by molar-refractivity contribution is 5.97. The van der Waals surface area contributed by atoms with Crippen LogP contribution in [0.4, 0.5) is 0 Å². The molecule has 1 aromatic carbocycles. The summed E-state index contributed by atoms with van der Waals surface area (Å²) in [5.74, 6) is -0.293. The number of benzene rings is 1. The smallest absolute Gasteiger partial charge is 0.255 e. The molecule has 88 valence electrons. The summed E-state index contributed by atoms with van der Waals surface area (Å²) in [6, 6.07) is 5.34. The Morgan fingerprint density at radius 2 is 2.18 bits per heavy atom. The third-order valence-electron chi connectivity index (χ3n) is 2.14. The average molecular weight is 234 g/mol. The molecular weight excluding hydrogens is 224 g/mol. The maximum Gasteiger partial charge on any atom is 0.255 e. The molecule has 0 saturated carbocycles. The van der Waals surface area contributed by atoms with Crippen molar-refractivity contribution in [3.63, 3.8) is 0 Å². The maximum atomic E-state index is 11.7. The van der Waals surface area contributed by atoms with Crippen molar-refractivity contribution in [2.45, 2.75) is 6.54 Å². The summed E-state index contributed by atoms with van der Waals surface area (Å²) in [7, 11) is 0. The van der Waals surface area contributed by atoms with Crippen molar-refractivity contribution in [1.82, 2.24) is 10.5 Å². The third-order valence-corrected chi connectivity index (χ3v) is 2.14. The fraction of sp³-hybridized carbons (Fsp3) is 0.0909. The summed E-state index contributed by atoms with van der Waals surface area (Å²) in [6.45, 7) is 0.161. The monoisotopic (exact) mass is 234 g/mol. The molecule has 0 fully saturated rings. The van der Waals surface area contributed by atoms with Gasteiger partial charge in [-0.1, -0.05) is 5.16 Å². The molecule has 2 rings (SSSR count). The second-order valence-electron chi connectivity index (χ2n) is 3.36. The van der Waals surface area contributed by atoms with Crippen molar-refractivity contribution < 1.29 is 19.5 Å². The van der Waals surface area contributed by atoms with Crippen molar-refractivity contribution in [1.29, 1.82) is 0 Å². The number of nitrogens with one attached hydrogen (secondary N) is 1. The van der Waals surface area contributed by atoms with Crippen LogP contribution in [0.3, 0.4) is 0 Å². The Kier molecular flexibility index (Phi) is 2.95. The van der Waals surface area contributed by atoms with Crippen LogP contribution in [0.15, 0.2) is 35.0 Å². The highest BCUT2D eigenvalue weighted by Gasteiger charge is 2.12. The number of phenols is 2. The fourth-order valence-corrected chi connectivity index (χ4v) is 1.30. The number of aromatic nitrogens is 1. The molecule has 1 amide bonds. The molecule has 0 bridgehead atoms. The first-order valence-electron chi connectivity index (χ1n) is 4.86. The van der Waals surface area contributed by atoms with Crippen LogP contribution in [-0.4, -0.2) is 21.3 Å². The van der Waals surface area contributed by atoms with Crippen LogP contribution in [-0.2, 0) is 6.54 Å². The number of amides is 1. The second-order valence-corrected chi connectivity index (χ2v) is 3.36. The van der Waals surface area contributed by atoms with E-state index in [1.165, 1.54) is 24.4 Å². The Morgan fingerprint density at radius 1 is 1.35 bits per heavy atom. The normalized spacial score (nSPS) is 10.1. The Morgan fingerprint density at radius 3 is 2.88 bits per heavy atom. The predicted octanol–water partition coefficient (Wildman–Crippen LogP) is 1.02. The SMILES string of the molecule is O=C(NCc1ccno1)c1cc(O)ccc1O. The van der Waals surface area contributed by atoms with Gasteiger partial charge in [-0.2, -0.15) is 0 Å². The van der Waals surface area contributed by atoms with Crippen molar-refractivity contribution in [3.8, 4) is 11.5 Å². The molecule has 1 heterocycles. The van der Waals surface area contributed by atoms with Crippen LogP contribution >= 0.6 is 0 Å². The van der Waals surface area contributed by atoms with Crippen LogP contribution in [0.1, 0.15) is 16.1 Å². The standard InChI is InChI=1S/C11H10N2O4/c14-7-1-2-10(15)9(5-7)11(16)12-6-8-3-4-13-17-8/h1-5,14-15H,6H2,(H,12,16). The van der Waals surface area contributed by atoms with Gasteiger partial charge in [0.25, 0.3) is 5.91 Å². The highest BCUT2D eigenvalue weighted by Crippen LogP contribution is 2.21. The van der Waals surface area contributed by atoms with E-state index >= 15 is 0 Å². The summed E-state index contributed by atoms with van der Waals surface area (Å²) >= 11 is 0. The van der Waals surface area contributed by atoms with Crippen molar-refractivity contribution in [2.75, 3.05) is 0 Å². The first kappa shape index (κ1) is 11.0. The molecule has 6 nitrogen and oxygen atoms in total. The maximum absolute atomic E-state index is 11.7. The van der Waals surface area contributed by atoms with E-state index in [2.05, 4.69) is 10.5 Å². The quantitative estimate of drug-likeness (QED) is 0.689. The zero-order chi connectivity index (χ0) is 12.3. The minimum Gasteiger partial charge on any atom is -0.508 e. The number of hydrogen-bond acceptors (Lipinski definition) is 5. The molecule has 17 heavy (non-hydrogen) atoms. The van der Waals surface area contributed by atoms with Gasteiger partial charge in [-0.25, -0.2) is 0 Å². The van der Waals surface area contributed by atoms with Gasteiger partial charge < -0.3 is 20.1 Å². The molecule has 0 aliphatic rings. The molecule has 0 saturated heterocycles. The Balaban J connectivity index is 2.07. The van der Waals surface area contributed by atoms with E-state index in [-0.39, 0.29) is 23.6 Å². The lowest BCUT2D eigenvalue weighted by Gasteiger charge is -2.05. The summed E-state index contributed by atoms with van der Waals surface area (Å²) in [5.41, 5.74) is 0.00418. The van der Waals surface area contributed by atoms with E-state index in [0.29, 0.717) is 5.76 Å². The molecule has 2 aromatic rings. The summed E-state index contributed by atoms with van der Waals surface area (Å²) in [5, 5.41) is 24.7. The Labute approximate surface area is 96.5 Å². The lowest BCUT2D eigenvalue weighted by Crippen LogP contribution is -2.22. The van der Waals surface area contributed by atoms with E-state index in [9.17, 15) is 15.0 Å². The van der Waals surface area contributed by atoms with Gasteiger partial charge in [-0.05, 0) is 18.2 Å². The first-order chi connectivity index (χ1) is 8.16. The summed E-state index contributed by atoms with van der Waals surface area (Å²) in [6.07, 6.45) is 1.47. The highest BCUT2D eigenvalue weighted by atomic mass is 16.5. The van der Waals surface area contributed by atoms with Gasteiger partial charge in [0.15, 0.2) is 5.76 Å². The average Bonchev–Trinajstić information content (AvgIpc) is 2.82. The van der Waals surface area contributed by atoms with Gasteiger partial charge in [0.1, 0.15) is 11.5 Å². The molecule has 0 atom stereocenters. The van der Waals surface area contributed by atoms with Gasteiger partial charge in [0.2, 0.25) is 0 Å².